The van der Waals surface area contributed by atoms with E-state index in [9.17, 15) is 0 Å². The van der Waals surface area contributed by atoms with Gasteiger partial charge in [-0.1, -0.05) is 145 Å². The van der Waals surface area contributed by atoms with Gasteiger partial charge in [0.2, 0.25) is 0 Å². The van der Waals surface area contributed by atoms with E-state index >= 15 is 0 Å². The predicted octanol–water partition coefficient (Wildman–Crippen LogP) is 18.3. The maximum Gasteiger partial charge on any atom is 0.145 e. The van der Waals surface area contributed by atoms with E-state index in [4.69, 9.17) is 8.83 Å². The molecule has 0 saturated carbocycles. The molecule has 0 aliphatic carbocycles. The molecule has 5 aromatic heterocycles. The molecule has 0 aliphatic heterocycles. The molecule has 0 amide bonds. The number of rotatable bonds is 6. The van der Waals surface area contributed by atoms with Gasteiger partial charge in [-0.15, -0.1) is 0 Å². The first-order valence-corrected chi connectivity index (χ1v) is 23.1. The molecule has 0 saturated heterocycles. The van der Waals surface area contributed by atoms with Crippen molar-refractivity contribution in [1.82, 2.24) is 13.7 Å². The van der Waals surface area contributed by atoms with Crippen LogP contribution in [0.2, 0.25) is 0 Å². The van der Waals surface area contributed by atoms with Crippen LogP contribution in [0.1, 0.15) is 39.0 Å². The van der Waals surface area contributed by atoms with Crippen LogP contribution < -0.4 is 0 Å². The lowest BCUT2D eigenvalue weighted by atomic mass is 10.1. The van der Waals surface area contributed by atoms with Gasteiger partial charge in [0, 0.05) is 60.3 Å². The molecule has 13 aromatic rings. The van der Waals surface area contributed by atoms with Crippen LogP contribution in [0.5, 0.6) is 0 Å². The van der Waals surface area contributed by atoms with Crippen LogP contribution in [-0.4, -0.2) is 13.7 Å². The van der Waals surface area contributed by atoms with Crippen molar-refractivity contribution in [1.29, 1.82) is 0 Å². The number of aromatic nitrogens is 3. The summed E-state index contributed by atoms with van der Waals surface area (Å²) in [5.41, 5.74) is 13.6. The molecule has 326 valence electrons. The third-order valence-corrected chi connectivity index (χ3v) is 12.6. The second-order valence-corrected chi connectivity index (χ2v) is 15.8. The summed E-state index contributed by atoms with van der Waals surface area (Å²) < 4.78 is 20.4. The zero-order valence-electron chi connectivity index (χ0n) is 38.4. The third kappa shape index (κ3) is 6.46. The van der Waals surface area contributed by atoms with Gasteiger partial charge in [-0.25, -0.2) is 0 Å². The Morgan fingerprint density at radius 3 is 1.36 bits per heavy atom. The molecule has 0 fully saturated rings. The largest absolute Gasteiger partial charge is 0.456 e. The zero-order valence-corrected chi connectivity index (χ0v) is 38.4. The summed E-state index contributed by atoms with van der Waals surface area (Å²) in [6, 6.07) is 58.8. The van der Waals surface area contributed by atoms with Gasteiger partial charge >= 0.3 is 0 Å². The highest BCUT2D eigenvalue weighted by atomic mass is 16.3. The Morgan fingerprint density at radius 1 is 0.358 bits per heavy atom. The number of para-hydroxylation sites is 4. The summed E-state index contributed by atoms with van der Waals surface area (Å²) in [6.07, 6.45) is 6.87. The molecular weight excluding hydrogens is 819 g/mol. The highest BCUT2D eigenvalue weighted by Gasteiger charge is 2.23. The van der Waals surface area contributed by atoms with Crippen molar-refractivity contribution in [2.24, 2.45) is 0 Å². The van der Waals surface area contributed by atoms with Gasteiger partial charge in [0.25, 0.3) is 0 Å². The molecule has 0 spiro atoms. The normalized spacial score (nSPS) is 11.2. The van der Waals surface area contributed by atoms with E-state index in [2.05, 4.69) is 198 Å². The molecule has 0 N–H and O–H groups in total. The lowest BCUT2D eigenvalue weighted by molar-refractivity contribution is 0.603. The number of fused-ring (bicyclic) bond motifs is 15. The summed E-state index contributed by atoms with van der Waals surface area (Å²) in [5, 5.41) is 10.2. The standard InChI is InChI=1S/C54H33N3O2.C4H6.2C2H6/c1-3-35-42-31-34(23-29-50(42)58-49(35)4-2)56-43-19-11-8-16-36(43)41-30-33(22-26-46(41)56)57-45-21-13-10-18-40(45)52-48(57)28-25-38-37-24-27-47-51(53(37)59-54(38)52)39-17-9-12-20-44(39)55(47)32-14-6-5-7-15-32;1-3-4-2;2*1-2/h3-31H,1-2H2;3-4H,1-2H2;2*1-2H3. The van der Waals surface area contributed by atoms with E-state index in [-0.39, 0.29) is 0 Å². The molecule has 13 rings (SSSR count). The molecule has 0 unspecified atom stereocenters. The first-order valence-electron chi connectivity index (χ1n) is 23.1. The smallest absolute Gasteiger partial charge is 0.145 e. The van der Waals surface area contributed by atoms with Gasteiger partial charge in [-0.2, -0.15) is 0 Å². The maximum absolute atomic E-state index is 7.18. The molecule has 5 nitrogen and oxygen atoms in total. The van der Waals surface area contributed by atoms with E-state index < -0.39 is 0 Å². The average Bonchev–Trinajstić information content (AvgIpc) is 4.20. The van der Waals surface area contributed by atoms with Crippen LogP contribution >= 0.6 is 0 Å². The highest BCUT2D eigenvalue weighted by Crippen LogP contribution is 2.45. The number of hydrogen-bond donors (Lipinski definition) is 0. The molecule has 0 aliphatic rings. The van der Waals surface area contributed by atoms with Crippen LogP contribution in [0.15, 0.2) is 211 Å². The fourth-order valence-corrected chi connectivity index (χ4v) is 9.93. The quantitative estimate of drug-likeness (QED) is 0.156. The Balaban J connectivity index is 0.000000619. The molecule has 0 bridgehead atoms. The minimum atomic E-state index is 0.731. The lowest BCUT2D eigenvalue weighted by Gasteiger charge is -2.10. The Bertz CT molecular complexity index is 4040. The molecular formula is C62H51N3O2. The molecule has 0 atom stereocenters. The number of allylic oxidation sites excluding steroid dienone is 2. The topological polar surface area (TPSA) is 41.1 Å². The van der Waals surface area contributed by atoms with Gasteiger partial charge in [0.1, 0.15) is 22.5 Å². The van der Waals surface area contributed by atoms with Crippen LogP contribution in [0.3, 0.4) is 0 Å². The Labute approximate surface area is 389 Å². The van der Waals surface area contributed by atoms with Gasteiger partial charge in [0.05, 0.1) is 43.9 Å². The van der Waals surface area contributed by atoms with E-state index in [0.29, 0.717) is 0 Å². The third-order valence-electron chi connectivity index (χ3n) is 12.6. The summed E-state index contributed by atoms with van der Waals surface area (Å²) in [4.78, 5) is 0. The van der Waals surface area contributed by atoms with Crippen molar-refractivity contribution in [2.45, 2.75) is 27.7 Å². The van der Waals surface area contributed by atoms with Gasteiger partial charge in [-0.3, -0.25) is 0 Å². The summed E-state index contributed by atoms with van der Waals surface area (Å²) >= 11 is 0. The van der Waals surface area contributed by atoms with Crippen LogP contribution in [0.4, 0.5) is 0 Å². The van der Waals surface area contributed by atoms with Crippen molar-refractivity contribution in [3.8, 4) is 17.1 Å². The summed E-state index contributed by atoms with van der Waals surface area (Å²) in [7, 11) is 0. The lowest BCUT2D eigenvalue weighted by Crippen LogP contribution is -1.96. The van der Waals surface area contributed by atoms with E-state index in [1.807, 2.05) is 39.8 Å². The van der Waals surface area contributed by atoms with Crippen molar-refractivity contribution in [3.05, 3.63) is 214 Å². The monoisotopic (exact) mass is 869 g/mol. The van der Waals surface area contributed by atoms with Crippen LogP contribution in [0, 0.1) is 0 Å². The average molecular weight is 870 g/mol. The second kappa shape index (κ2) is 17.4. The Hall–Kier alpha value is -8.54. The first-order chi connectivity index (χ1) is 33.1. The van der Waals surface area contributed by atoms with Gasteiger partial charge < -0.3 is 22.5 Å². The maximum atomic E-state index is 7.18. The second-order valence-electron chi connectivity index (χ2n) is 15.8. The molecule has 0 radical (unpaired) electrons. The molecule has 5 heterocycles. The summed E-state index contributed by atoms with van der Waals surface area (Å²) in [6.45, 7) is 22.7. The van der Waals surface area contributed by atoms with E-state index in [0.717, 1.165) is 111 Å². The predicted molar refractivity (Wildman–Crippen MR) is 290 cm³/mol. The molecule has 5 heteroatoms. The fourth-order valence-electron chi connectivity index (χ4n) is 9.93. The Kier molecular flexibility index (Phi) is 11.0. The highest BCUT2D eigenvalue weighted by molar-refractivity contribution is 6.29. The minimum absolute atomic E-state index is 0.731. The zero-order chi connectivity index (χ0) is 46.3. The minimum Gasteiger partial charge on any atom is -0.456 e. The fraction of sp³-hybridized carbons (Fsp3) is 0.0645. The van der Waals surface area contributed by atoms with Gasteiger partial charge in [0.15, 0.2) is 0 Å². The van der Waals surface area contributed by atoms with Crippen LogP contribution in [0.25, 0.3) is 128 Å². The number of hydrogen-bond acceptors (Lipinski definition) is 2. The van der Waals surface area contributed by atoms with Crippen molar-refractivity contribution in [3.63, 3.8) is 0 Å². The van der Waals surface area contributed by atoms with Gasteiger partial charge in [-0.05, 0) is 97.1 Å². The molecule has 8 aromatic carbocycles. The molecule has 67 heavy (non-hydrogen) atoms. The van der Waals surface area contributed by atoms with Crippen molar-refractivity contribution >= 4 is 110 Å². The van der Waals surface area contributed by atoms with Crippen molar-refractivity contribution in [2.75, 3.05) is 0 Å². The van der Waals surface area contributed by atoms with Crippen LogP contribution in [-0.2, 0) is 0 Å². The number of furan rings is 2. The number of nitrogens with zero attached hydrogens (tertiary/aromatic N) is 3. The van der Waals surface area contributed by atoms with E-state index in [1.165, 1.54) is 16.2 Å². The van der Waals surface area contributed by atoms with Crippen molar-refractivity contribution < 1.29 is 8.83 Å². The SMILES string of the molecule is C=CC=C.C=Cc1oc2ccc(-n3c4ccccc4c4cc(-n5c6ccccc6c6c7oc8c(ccc9c8c8ccccc8n9-c8ccccc8)c7ccc65)ccc43)cc2c1C=C.CC.CC. The summed E-state index contributed by atoms with van der Waals surface area (Å²) in [5.74, 6) is 0.731. The van der Waals surface area contributed by atoms with E-state index in [1.54, 1.807) is 18.2 Å². The number of benzene rings is 8. The Morgan fingerprint density at radius 2 is 0.806 bits per heavy atom. The first kappa shape index (κ1) is 42.4.